The second kappa shape index (κ2) is 7.07. The van der Waals surface area contributed by atoms with Gasteiger partial charge in [0.05, 0.1) is 16.6 Å². The Morgan fingerprint density at radius 1 is 1.07 bits per heavy atom. The van der Waals surface area contributed by atoms with E-state index in [1.807, 2.05) is 25.1 Å². The first-order valence-corrected chi connectivity index (χ1v) is 8.78. The molecule has 0 unspecified atom stereocenters. The van der Waals surface area contributed by atoms with Crippen molar-refractivity contribution in [3.63, 3.8) is 0 Å². The van der Waals surface area contributed by atoms with Gasteiger partial charge in [-0.3, -0.25) is 19.8 Å². The van der Waals surface area contributed by atoms with E-state index in [0.717, 1.165) is 10.2 Å². The van der Waals surface area contributed by atoms with Crippen LogP contribution >= 0.6 is 0 Å². The Morgan fingerprint density at radius 3 is 2.71 bits per heavy atom. The lowest BCUT2D eigenvalue weighted by molar-refractivity contribution is -0.118. The maximum absolute atomic E-state index is 12.6. The third-order valence-corrected chi connectivity index (χ3v) is 4.43. The van der Waals surface area contributed by atoms with Gasteiger partial charge in [0.25, 0.3) is 11.5 Å². The lowest BCUT2D eigenvalue weighted by Gasteiger charge is -2.23. The molecule has 2 heterocycles. The van der Waals surface area contributed by atoms with Gasteiger partial charge in [0.15, 0.2) is 0 Å². The molecule has 0 fully saturated rings. The minimum atomic E-state index is -0.552. The van der Waals surface area contributed by atoms with E-state index in [-0.39, 0.29) is 30.0 Å². The number of hydrogen-bond donors (Lipinski definition) is 1. The van der Waals surface area contributed by atoms with Crippen molar-refractivity contribution >= 4 is 34.1 Å². The Bertz CT molecular complexity index is 1180. The first-order valence-electron chi connectivity index (χ1n) is 8.78. The number of nitrogens with zero attached hydrogens (tertiary/aromatic N) is 4. The number of fused-ring (bicyclic) bond motifs is 1. The molecule has 1 N–H and O–H groups in total. The molecule has 0 bridgehead atoms. The van der Waals surface area contributed by atoms with Crippen LogP contribution in [0.25, 0.3) is 10.9 Å². The highest BCUT2D eigenvalue weighted by Gasteiger charge is 2.26. The summed E-state index contributed by atoms with van der Waals surface area (Å²) in [5, 5.41) is 5.84. The number of nitrogens with one attached hydrogen (secondary N) is 1. The largest absolute Gasteiger partial charge is 0.286 e. The molecule has 0 saturated carbocycles. The van der Waals surface area contributed by atoms with E-state index in [2.05, 4.69) is 15.5 Å². The number of aromatic nitrogens is 2. The lowest BCUT2D eigenvalue weighted by atomic mass is 10.1. The van der Waals surface area contributed by atoms with E-state index >= 15 is 0 Å². The van der Waals surface area contributed by atoms with Crippen LogP contribution in [0.4, 0.5) is 5.69 Å². The molecule has 0 radical (unpaired) electrons. The summed E-state index contributed by atoms with van der Waals surface area (Å²) >= 11 is 0. The SMILES string of the molecule is Cc1cccc(N2N=C(C(=O)Nn3cnc4ccccc4c3=O)CCC2=O)c1. The van der Waals surface area contributed by atoms with Crippen molar-refractivity contribution in [1.82, 2.24) is 9.66 Å². The van der Waals surface area contributed by atoms with Crippen LogP contribution < -0.4 is 16.0 Å². The quantitative estimate of drug-likeness (QED) is 0.757. The molecule has 0 spiro atoms. The van der Waals surface area contributed by atoms with Gasteiger partial charge in [-0.1, -0.05) is 24.3 Å². The Kier molecular flexibility index (Phi) is 4.44. The summed E-state index contributed by atoms with van der Waals surface area (Å²) in [5.74, 6) is -0.740. The van der Waals surface area contributed by atoms with Crippen molar-refractivity contribution in [1.29, 1.82) is 0 Å². The van der Waals surface area contributed by atoms with Crippen LogP contribution in [-0.4, -0.2) is 27.2 Å². The van der Waals surface area contributed by atoms with E-state index in [1.165, 1.54) is 11.3 Å². The molecule has 140 valence electrons. The number of amides is 2. The van der Waals surface area contributed by atoms with E-state index < -0.39 is 5.91 Å². The number of carbonyl (C=O) groups is 2. The molecule has 28 heavy (non-hydrogen) atoms. The third-order valence-electron chi connectivity index (χ3n) is 4.43. The summed E-state index contributed by atoms with van der Waals surface area (Å²) in [5.41, 5.74) is 4.40. The van der Waals surface area contributed by atoms with Crippen molar-refractivity contribution in [2.24, 2.45) is 5.10 Å². The van der Waals surface area contributed by atoms with Gasteiger partial charge < -0.3 is 0 Å². The third kappa shape index (κ3) is 3.27. The molecule has 0 atom stereocenters. The fourth-order valence-electron chi connectivity index (χ4n) is 3.00. The van der Waals surface area contributed by atoms with Crippen LogP contribution in [-0.2, 0) is 9.59 Å². The van der Waals surface area contributed by atoms with Gasteiger partial charge in [-0.15, -0.1) is 0 Å². The zero-order valence-electron chi connectivity index (χ0n) is 15.1. The van der Waals surface area contributed by atoms with Gasteiger partial charge >= 0.3 is 0 Å². The predicted molar refractivity (Wildman–Crippen MR) is 106 cm³/mol. The molecule has 2 amide bonds. The maximum Gasteiger partial charge on any atom is 0.286 e. The lowest BCUT2D eigenvalue weighted by Crippen LogP contribution is -2.41. The highest BCUT2D eigenvalue weighted by molar-refractivity contribution is 6.42. The number of rotatable bonds is 3. The Labute approximate surface area is 160 Å². The first kappa shape index (κ1) is 17.6. The van der Waals surface area contributed by atoms with Crippen molar-refractivity contribution in [2.75, 3.05) is 10.4 Å². The molecule has 4 rings (SSSR count). The van der Waals surface area contributed by atoms with Gasteiger partial charge in [0, 0.05) is 12.8 Å². The van der Waals surface area contributed by atoms with Crippen molar-refractivity contribution in [3.05, 3.63) is 70.8 Å². The molecule has 1 aliphatic heterocycles. The van der Waals surface area contributed by atoms with E-state index in [9.17, 15) is 14.4 Å². The van der Waals surface area contributed by atoms with Crippen LogP contribution in [0, 0.1) is 6.92 Å². The zero-order chi connectivity index (χ0) is 19.7. The molecule has 2 aromatic carbocycles. The standard InChI is InChI=1S/C20H17N5O3/c1-13-5-4-6-14(11-13)25-18(26)10-9-17(22-25)19(27)23-24-12-21-16-8-3-2-7-15(16)20(24)28/h2-8,11-12H,9-10H2,1H3,(H,23,27). The van der Waals surface area contributed by atoms with Crippen LogP contribution in [0.5, 0.6) is 0 Å². The van der Waals surface area contributed by atoms with Gasteiger partial charge in [-0.05, 0) is 36.8 Å². The number of anilines is 1. The molecule has 8 nitrogen and oxygen atoms in total. The fourth-order valence-corrected chi connectivity index (χ4v) is 3.00. The van der Waals surface area contributed by atoms with E-state index in [0.29, 0.717) is 16.6 Å². The first-order chi connectivity index (χ1) is 13.5. The Hall–Kier alpha value is -3.81. The van der Waals surface area contributed by atoms with Gasteiger partial charge in [-0.25, -0.2) is 14.7 Å². The topological polar surface area (TPSA) is 96.7 Å². The molecule has 0 saturated heterocycles. The minimum Gasteiger partial charge on any atom is -0.273 e. The number of hydrogen-bond acceptors (Lipinski definition) is 5. The van der Waals surface area contributed by atoms with Crippen LogP contribution in [0.2, 0.25) is 0 Å². The molecule has 1 aliphatic rings. The fraction of sp³-hybridized carbons (Fsp3) is 0.150. The number of carbonyl (C=O) groups excluding carboxylic acids is 2. The van der Waals surface area contributed by atoms with Crippen molar-refractivity contribution < 1.29 is 9.59 Å². The molecule has 8 heteroatoms. The van der Waals surface area contributed by atoms with Gasteiger partial charge in [0.2, 0.25) is 5.91 Å². The summed E-state index contributed by atoms with van der Waals surface area (Å²) < 4.78 is 1.03. The summed E-state index contributed by atoms with van der Waals surface area (Å²) in [4.78, 5) is 41.6. The summed E-state index contributed by atoms with van der Waals surface area (Å²) in [6.45, 7) is 1.91. The normalized spacial score (nSPS) is 14.1. The number of para-hydroxylation sites is 1. The maximum atomic E-state index is 12.6. The second-order valence-electron chi connectivity index (χ2n) is 6.47. The predicted octanol–water partition coefficient (Wildman–Crippen LogP) is 1.96. The van der Waals surface area contributed by atoms with Crippen LogP contribution in [0.15, 0.2) is 64.8 Å². The molecule has 3 aromatic rings. The summed E-state index contributed by atoms with van der Waals surface area (Å²) in [6, 6.07) is 14.2. The molecular formula is C20H17N5O3. The van der Waals surface area contributed by atoms with Crippen LogP contribution in [0.3, 0.4) is 0 Å². The number of hydrazone groups is 1. The highest BCUT2D eigenvalue weighted by Crippen LogP contribution is 2.21. The van der Waals surface area contributed by atoms with Gasteiger partial charge in [-0.2, -0.15) is 5.10 Å². The molecule has 1 aromatic heterocycles. The average molecular weight is 375 g/mol. The summed E-state index contributed by atoms with van der Waals surface area (Å²) in [7, 11) is 0. The van der Waals surface area contributed by atoms with Crippen molar-refractivity contribution in [3.8, 4) is 0 Å². The van der Waals surface area contributed by atoms with Crippen molar-refractivity contribution in [2.45, 2.75) is 19.8 Å². The Balaban J connectivity index is 1.63. The van der Waals surface area contributed by atoms with Crippen LogP contribution in [0.1, 0.15) is 18.4 Å². The Morgan fingerprint density at radius 2 is 1.89 bits per heavy atom. The highest BCUT2D eigenvalue weighted by atomic mass is 16.2. The van der Waals surface area contributed by atoms with Gasteiger partial charge in [0.1, 0.15) is 12.0 Å². The number of benzene rings is 2. The summed E-state index contributed by atoms with van der Waals surface area (Å²) in [6.07, 6.45) is 1.61. The monoisotopic (exact) mass is 375 g/mol. The second-order valence-corrected chi connectivity index (χ2v) is 6.47. The molecule has 0 aliphatic carbocycles. The van der Waals surface area contributed by atoms with E-state index in [4.69, 9.17) is 0 Å². The van der Waals surface area contributed by atoms with E-state index in [1.54, 1.807) is 30.3 Å². The molecular weight excluding hydrogens is 358 g/mol. The smallest absolute Gasteiger partial charge is 0.273 e. The zero-order valence-corrected chi connectivity index (χ0v) is 15.1. The number of aryl methyl sites for hydroxylation is 1. The minimum absolute atomic E-state index is 0.158. The average Bonchev–Trinajstić information content (AvgIpc) is 2.70.